The molecule has 0 saturated heterocycles. The Labute approximate surface area is 120 Å². The van der Waals surface area contributed by atoms with Crippen LogP contribution in [-0.4, -0.2) is 47.8 Å². The van der Waals surface area contributed by atoms with Crippen LogP contribution in [0.1, 0.15) is 18.9 Å². The number of rotatable bonds is 8. The fraction of sp³-hybridized carbons (Fsp3) is 0.500. The van der Waals surface area contributed by atoms with Crippen LogP contribution in [0.5, 0.6) is 5.75 Å². The van der Waals surface area contributed by atoms with Gasteiger partial charge in [-0.05, 0) is 32.1 Å². The van der Waals surface area contributed by atoms with Gasteiger partial charge in [-0.2, -0.15) is 0 Å². The highest BCUT2D eigenvalue weighted by atomic mass is 32.1. The van der Waals surface area contributed by atoms with E-state index in [9.17, 15) is 5.11 Å². The summed E-state index contributed by atoms with van der Waals surface area (Å²) < 4.78 is 5.60. The van der Waals surface area contributed by atoms with Crippen LogP contribution in [-0.2, 0) is 0 Å². The van der Waals surface area contributed by atoms with Crippen LogP contribution in [0.15, 0.2) is 24.3 Å². The fourth-order valence-electron chi connectivity index (χ4n) is 1.87. The van der Waals surface area contributed by atoms with Gasteiger partial charge in [-0.15, -0.1) is 0 Å². The monoisotopic (exact) mass is 282 g/mol. The zero-order valence-corrected chi connectivity index (χ0v) is 12.3. The minimum Gasteiger partial charge on any atom is -0.490 e. The molecule has 19 heavy (non-hydrogen) atoms. The van der Waals surface area contributed by atoms with E-state index >= 15 is 0 Å². The Kier molecular flexibility index (Phi) is 6.77. The summed E-state index contributed by atoms with van der Waals surface area (Å²) in [6.07, 6.45) is 0.532. The first kappa shape index (κ1) is 15.9. The molecule has 0 bridgehead atoms. The molecular formula is C14H22N2O2S. The number of likely N-dealkylation sites (N-methyl/N-ethyl adjacent to an activating group) is 1. The number of hydrogen-bond acceptors (Lipinski definition) is 4. The molecule has 0 spiro atoms. The highest BCUT2D eigenvalue weighted by Gasteiger charge is 2.11. The molecule has 0 aliphatic heterocycles. The van der Waals surface area contributed by atoms with Gasteiger partial charge in [-0.25, -0.2) is 0 Å². The van der Waals surface area contributed by atoms with Gasteiger partial charge in [0.25, 0.3) is 0 Å². The van der Waals surface area contributed by atoms with Crippen molar-refractivity contribution in [2.24, 2.45) is 5.73 Å². The Morgan fingerprint density at radius 3 is 2.79 bits per heavy atom. The number of aliphatic hydroxyl groups excluding tert-OH is 1. The van der Waals surface area contributed by atoms with Gasteiger partial charge in [0.2, 0.25) is 0 Å². The van der Waals surface area contributed by atoms with Crippen LogP contribution in [0.2, 0.25) is 0 Å². The Morgan fingerprint density at radius 1 is 1.47 bits per heavy atom. The molecule has 0 fully saturated rings. The average molecular weight is 282 g/mol. The molecule has 1 unspecified atom stereocenters. The zero-order valence-electron chi connectivity index (χ0n) is 11.5. The van der Waals surface area contributed by atoms with E-state index in [1.165, 1.54) is 0 Å². The Morgan fingerprint density at radius 2 is 2.16 bits per heavy atom. The van der Waals surface area contributed by atoms with E-state index in [1.807, 2.05) is 25.2 Å². The maximum atomic E-state index is 9.91. The van der Waals surface area contributed by atoms with Crippen molar-refractivity contribution in [2.75, 3.05) is 26.7 Å². The van der Waals surface area contributed by atoms with Gasteiger partial charge >= 0.3 is 0 Å². The molecule has 1 aromatic carbocycles. The van der Waals surface area contributed by atoms with E-state index in [2.05, 4.69) is 11.8 Å². The lowest BCUT2D eigenvalue weighted by molar-refractivity contribution is 0.0763. The molecule has 0 aliphatic rings. The zero-order chi connectivity index (χ0) is 14.3. The third kappa shape index (κ3) is 5.55. The quantitative estimate of drug-likeness (QED) is 0.706. The molecule has 0 aromatic heterocycles. The smallest absolute Gasteiger partial charge is 0.129 e. The third-order valence-electron chi connectivity index (χ3n) is 2.71. The minimum atomic E-state index is -0.532. The molecule has 0 radical (unpaired) electrons. The average Bonchev–Trinajstić information content (AvgIpc) is 2.36. The largest absolute Gasteiger partial charge is 0.490 e. The van der Waals surface area contributed by atoms with Crippen molar-refractivity contribution in [3.05, 3.63) is 29.8 Å². The molecule has 4 nitrogen and oxygen atoms in total. The van der Waals surface area contributed by atoms with E-state index in [0.29, 0.717) is 22.8 Å². The van der Waals surface area contributed by atoms with Crippen LogP contribution in [0.25, 0.3) is 0 Å². The van der Waals surface area contributed by atoms with E-state index < -0.39 is 6.10 Å². The highest BCUT2D eigenvalue weighted by molar-refractivity contribution is 7.80. The molecule has 106 valence electrons. The second kappa shape index (κ2) is 8.09. The van der Waals surface area contributed by atoms with E-state index in [4.69, 9.17) is 22.7 Å². The predicted molar refractivity (Wildman–Crippen MR) is 81.6 cm³/mol. The molecule has 1 atom stereocenters. The summed E-state index contributed by atoms with van der Waals surface area (Å²) >= 11 is 4.96. The van der Waals surface area contributed by atoms with Gasteiger partial charge in [-0.1, -0.05) is 31.3 Å². The summed E-state index contributed by atoms with van der Waals surface area (Å²) in [6, 6.07) is 7.32. The second-order valence-electron chi connectivity index (χ2n) is 4.59. The number of ether oxygens (including phenoxy) is 1. The summed E-state index contributed by atoms with van der Waals surface area (Å²) in [5, 5.41) is 9.91. The maximum Gasteiger partial charge on any atom is 0.129 e. The van der Waals surface area contributed by atoms with E-state index in [-0.39, 0.29) is 6.61 Å². The van der Waals surface area contributed by atoms with E-state index in [0.717, 1.165) is 13.0 Å². The van der Waals surface area contributed by atoms with Gasteiger partial charge in [0.15, 0.2) is 0 Å². The van der Waals surface area contributed by atoms with E-state index in [1.54, 1.807) is 6.07 Å². The van der Waals surface area contributed by atoms with Crippen LogP contribution in [0.4, 0.5) is 0 Å². The fourth-order valence-corrected chi connectivity index (χ4v) is 2.04. The van der Waals surface area contributed by atoms with Crippen LogP contribution >= 0.6 is 12.2 Å². The lowest BCUT2D eigenvalue weighted by Crippen LogP contribution is -2.33. The first-order valence-corrected chi connectivity index (χ1v) is 6.83. The van der Waals surface area contributed by atoms with Crippen molar-refractivity contribution in [3.63, 3.8) is 0 Å². The summed E-state index contributed by atoms with van der Waals surface area (Å²) in [7, 11) is 1.98. The molecule has 5 heteroatoms. The van der Waals surface area contributed by atoms with Crippen molar-refractivity contribution in [1.82, 2.24) is 4.90 Å². The van der Waals surface area contributed by atoms with Gasteiger partial charge in [-0.3, -0.25) is 0 Å². The molecular weight excluding hydrogens is 260 g/mol. The first-order valence-electron chi connectivity index (χ1n) is 6.42. The normalized spacial score (nSPS) is 12.4. The van der Waals surface area contributed by atoms with Gasteiger partial charge in [0.1, 0.15) is 23.4 Å². The lowest BCUT2D eigenvalue weighted by atomic mass is 10.2. The van der Waals surface area contributed by atoms with Gasteiger partial charge in [0, 0.05) is 6.54 Å². The Bertz CT molecular complexity index is 412. The molecule has 3 N–H and O–H groups in total. The van der Waals surface area contributed by atoms with Crippen molar-refractivity contribution in [1.29, 1.82) is 0 Å². The topological polar surface area (TPSA) is 58.7 Å². The van der Waals surface area contributed by atoms with Crippen molar-refractivity contribution in [3.8, 4) is 5.75 Å². The maximum absolute atomic E-state index is 9.91. The molecule has 0 amide bonds. The van der Waals surface area contributed by atoms with Crippen molar-refractivity contribution < 1.29 is 9.84 Å². The number of aliphatic hydroxyl groups is 1. The highest BCUT2D eigenvalue weighted by Crippen LogP contribution is 2.17. The Hall–Kier alpha value is -1.17. The van der Waals surface area contributed by atoms with Crippen LogP contribution in [0, 0.1) is 0 Å². The number of thiocarbonyl (C=S) groups is 1. The molecule has 1 rings (SSSR count). The van der Waals surface area contributed by atoms with Crippen molar-refractivity contribution in [2.45, 2.75) is 19.4 Å². The first-order chi connectivity index (χ1) is 9.04. The third-order valence-corrected chi connectivity index (χ3v) is 2.93. The van der Waals surface area contributed by atoms with Crippen LogP contribution in [0.3, 0.4) is 0 Å². The van der Waals surface area contributed by atoms with Crippen molar-refractivity contribution >= 4 is 17.2 Å². The summed E-state index contributed by atoms with van der Waals surface area (Å²) in [5.41, 5.74) is 6.32. The lowest BCUT2D eigenvalue weighted by Gasteiger charge is -2.20. The number of benzene rings is 1. The molecule has 1 aromatic rings. The predicted octanol–water partition coefficient (Wildman–Crippen LogP) is 1.40. The van der Waals surface area contributed by atoms with Crippen LogP contribution < -0.4 is 10.5 Å². The summed E-state index contributed by atoms with van der Waals surface area (Å²) in [6.45, 7) is 3.88. The number of nitrogens with two attached hydrogens (primary N) is 1. The molecule has 0 heterocycles. The second-order valence-corrected chi connectivity index (χ2v) is 5.03. The number of hydrogen-bond donors (Lipinski definition) is 2. The summed E-state index contributed by atoms with van der Waals surface area (Å²) in [5.74, 6) is 0.618. The standard InChI is InChI=1S/C14H22N2O2S/c1-3-8-16(2)9-11(17)10-18-13-7-5-4-6-12(13)14(15)19/h4-7,11,17H,3,8-10H2,1-2H3,(H2,15,19). The Balaban J connectivity index is 2.50. The molecule has 0 aliphatic carbocycles. The minimum absolute atomic E-state index is 0.230. The molecule has 0 saturated carbocycles. The number of nitrogens with zero attached hydrogens (tertiary/aromatic N) is 1. The summed E-state index contributed by atoms with van der Waals surface area (Å²) in [4.78, 5) is 2.38. The number of para-hydroxylation sites is 1. The SMILES string of the molecule is CCCN(C)CC(O)COc1ccccc1C(N)=S. The van der Waals surface area contributed by atoms with Gasteiger partial charge in [0.05, 0.1) is 5.56 Å². The van der Waals surface area contributed by atoms with Gasteiger partial charge < -0.3 is 20.5 Å².